The Balaban J connectivity index is 0.00000480. The van der Waals surface area contributed by atoms with E-state index < -0.39 is 15.7 Å². The summed E-state index contributed by atoms with van der Waals surface area (Å²) in [6.07, 6.45) is 1.17. The molecule has 0 bridgehead atoms. The van der Waals surface area contributed by atoms with Crippen LogP contribution in [0.15, 0.2) is 23.2 Å². The van der Waals surface area contributed by atoms with Gasteiger partial charge in [0.1, 0.15) is 5.82 Å². The first kappa shape index (κ1) is 27.4. The molecule has 2 N–H and O–H groups in total. The van der Waals surface area contributed by atoms with E-state index in [0.717, 1.165) is 0 Å². The van der Waals surface area contributed by atoms with Gasteiger partial charge < -0.3 is 10.6 Å². The first-order valence-corrected chi connectivity index (χ1v) is 12.0. The average molecular weight is 562 g/mol. The van der Waals surface area contributed by atoms with Crippen molar-refractivity contribution in [1.29, 1.82) is 0 Å². The van der Waals surface area contributed by atoms with Gasteiger partial charge in [-0.05, 0) is 91.3 Å². The Morgan fingerprint density at radius 2 is 1.42 bits per heavy atom. The maximum absolute atomic E-state index is 13.7. The number of hydrogen-bond acceptors (Lipinski definition) is 3. The Morgan fingerprint density at radius 3 is 1.94 bits per heavy atom. The molecule has 0 amide bonds. The molecule has 0 heterocycles. The van der Waals surface area contributed by atoms with Gasteiger partial charge in [0.05, 0.1) is 5.75 Å². The molecular formula is C23H33FIN3O2S. The molecule has 0 aliphatic carbocycles. The third-order valence-electron chi connectivity index (χ3n) is 5.84. The summed E-state index contributed by atoms with van der Waals surface area (Å²) >= 11 is 0. The molecule has 0 saturated heterocycles. The summed E-state index contributed by atoms with van der Waals surface area (Å²) in [6.45, 7) is 11.6. The molecule has 0 aromatic heterocycles. The summed E-state index contributed by atoms with van der Waals surface area (Å²) in [4.78, 5) is 4.25. The van der Waals surface area contributed by atoms with Crippen molar-refractivity contribution >= 4 is 39.8 Å². The van der Waals surface area contributed by atoms with Crippen LogP contribution >= 0.6 is 24.0 Å². The fourth-order valence-corrected chi connectivity index (χ4v) is 4.44. The van der Waals surface area contributed by atoms with Gasteiger partial charge in [0.25, 0.3) is 0 Å². The summed E-state index contributed by atoms with van der Waals surface area (Å²) in [6, 6.07) is 4.17. The lowest BCUT2D eigenvalue weighted by molar-refractivity contribution is 0.599. The number of nitrogens with zero attached hydrogens (tertiary/aromatic N) is 1. The molecule has 2 aromatic carbocycles. The second kappa shape index (κ2) is 11.3. The maximum atomic E-state index is 13.7. The Hall–Kier alpha value is -1.68. The molecule has 0 spiro atoms. The highest BCUT2D eigenvalue weighted by Crippen LogP contribution is 2.25. The molecule has 0 fully saturated rings. The lowest BCUT2D eigenvalue weighted by atomic mass is 9.89. The SMILES string of the molecule is CN=C(NCc1cc(F)ccc1CS(C)(=O)=O)NCc1c(C)c(C)c(C)c(C)c1C.I. The zero-order chi connectivity index (χ0) is 22.6. The molecule has 0 unspecified atom stereocenters. The smallest absolute Gasteiger partial charge is 0.191 e. The van der Waals surface area contributed by atoms with Crippen LogP contribution in [-0.2, 0) is 28.7 Å². The molecule has 0 aliphatic heterocycles. The summed E-state index contributed by atoms with van der Waals surface area (Å²) in [5.41, 5.74) is 8.85. The lowest BCUT2D eigenvalue weighted by Crippen LogP contribution is -2.37. The van der Waals surface area contributed by atoms with Gasteiger partial charge in [-0.1, -0.05) is 6.07 Å². The summed E-state index contributed by atoms with van der Waals surface area (Å²) in [5.74, 6) is 0.0412. The number of halogens is 2. The number of rotatable bonds is 6. The molecule has 0 aliphatic rings. The van der Waals surface area contributed by atoms with E-state index in [-0.39, 0.29) is 36.3 Å². The minimum Gasteiger partial charge on any atom is -0.352 e. The molecule has 2 aromatic rings. The van der Waals surface area contributed by atoms with Crippen LogP contribution in [0.25, 0.3) is 0 Å². The van der Waals surface area contributed by atoms with Crippen molar-refractivity contribution in [3.05, 3.63) is 68.5 Å². The fourth-order valence-electron chi connectivity index (χ4n) is 3.60. The van der Waals surface area contributed by atoms with E-state index in [1.807, 2.05) is 0 Å². The van der Waals surface area contributed by atoms with Gasteiger partial charge in [0.2, 0.25) is 0 Å². The number of benzene rings is 2. The van der Waals surface area contributed by atoms with Crippen molar-refractivity contribution in [2.45, 2.75) is 53.5 Å². The van der Waals surface area contributed by atoms with Crippen LogP contribution in [0.5, 0.6) is 0 Å². The lowest BCUT2D eigenvalue weighted by Gasteiger charge is -2.20. The van der Waals surface area contributed by atoms with E-state index >= 15 is 0 Å². The van der Waals surface area contributed by atoms with Crippen LogP contribution in [0.1, 0.15) is 44.5 Å². The average Bonchev–Trinajstić information content (AvgIpc) is 2.68. The van der Waals surface area contributed by atoms with Crippen LogP contribution in [0.3, 0.4) is 0 Å². The van der Waals surface area contributed by atoms with Gasteiger partial charge in [0, 0.05) is 26.4 Å². The van der Waals surface area contributed by atoms with Crippen molar-refractivity contribution in [3.8, 4) is 0 Å². The molecule has 0 atom stereocenters. The Morgan fingerprint density at radius 1 is 0.903 bits per heavy atom. The predicted molar refractivity (Wildman–Crippen MR) is 138 cm³/mol. The second-order valence-electron chi connectivity index (χ2n) is 7.87. The van der Waals surface area contributed by atoms with E-state index in [2.05, 4.69) is 50.2 Å². The molecular weight excluding hydrogens is 528 g/mol. The summed E-state index contributed by atoms with van der Waals surface area (Å²) < 4.78 is 37.1. The monoisotopic (exact) mass is 561 g/mol. The second-order valence-corrected chi connectivity index (χ2v) is 10.0. The molecule has 172 valence electrons. The zero-order valence-corrected chi connectivity index (χ0v) is 22.5. The van der Waals surface area contributed by atoms with Gasteiger partial charge in [-0.25, -0.2) is 12.8 Å². The van der Waals surface area contributed by atoms with E-state index in [1.54, 1.807) is 7.05 Å². The minimum absolute atomic E-state index is 0. The van der Waals surface area contributed by atoms with Gasteiger partial charge in [-0.15, -0.1) is 24.0 Å². The Labute approximate surface area is 202 Å². The van der Waals surface area contributed by atoms with Gasteiger partial charge in [0.15, 0.2) is 15.8 Å². The first-order valence-electron chi connectivity index (χ1n) is 9.90. The fraction of sp³-hybridized carbons (Fsp3) is 0.435. The quantitative estimate of drug-likeness (QED) is 0.312. The molecule has 0 radical (unpaired) electrons. The van der Waals surface area contributed by atoms with Crippen LogP contribution in [0, 0.1) is 40.4 Å². The van der Waals surface area contributed by atoms with Crippen LogP contribution < -0.4 is 10.6 Å². The molecule has 0 saturated carbocycles. The van der Waals surface area contributed by atoms with E-state index in [0.29, 0.717) is 23.6 Å². The van der Waals surface area contributed by atoms with Crippen molar-refractivity contribution in [2.24, 2.45) is 4.99 Å². The number of hydrogen-bond donors (Lipinski definition) is 2. The summed E-state index contributed by atoms with van der Waals surface area (Å²) in [5, 5.41) is 6.49. The third-order valence-corrected chi connectivity index (χ3v) is 6.68. The maximum Gasteiger partial charge on any atom is 0.191 e. The highest BCUT2D eigenvalue weighted by atomic mass is 127. The molecule has 8 heteroatoms. The van der Waals surface area contributed by atoms with E-state index in [1.165, 1.54) is 57.8 Å². The molecule has 2 rings (SSSR count). The number of aliphatic imine (C=N–C) groups is 1. The number of guanidine groups is 1. The van der Waals surface area contributed by atoms with E-state index in [4.69, 9.17) is 0 Å². The van der Waals surface area contributed by atoms with Gasteiger partial charge in [-0.2, -0.15) is 0 Å². The topological polar surface area (TPSA) is 70.6 Å². The predicted octanol–water partition coefficient (Wildman–Crippen LogP) is 4.40. The van der Waals surface area contributed by atoms with Crippen LogP contribution in [0.2, 0.25) is 0 Å². The van der Waals surface area contributed by atoms with Crippen molar-refractivity contribution in [1.82, 2.24) is 10.6 Å². The Bertz CT molecular complexity index is 1050. The standard InChI is InChI=1S/C23H32FN3O2S.HI/c1-14-15(2)17(4)22(18(5)16(14)3)12-27-23(25-6)26-11-20-10-21(24)9-8-19(20)13-30(7,28)29;/h8-10H,11-13H2,1-7H3,(H2,25,26,27);1H. The highest BCUT2D eigenvalue weighted by Gasteiger charge is 2.14. The minimum atomic E-state index is -3.22. The van der Waals surface area contributed by atoms with Gasteiger partial charge in [-0.3, -0.25) is 4.99 Å². The zero-order valence-electron chi connectivity index (χ0n) is 19.3. The number of nitrogens with one attached hydrogen (secondary N) is 2. The van der Waals surface area contributed by atoms with Crippen LogP contribution in [-0.4, -0.2) is 27.7 Å². The van der Waals surface area contributed by atoms with Crippen LogP contribution in [0.4, 0.5) is 4.39 Å². The largest absolute Gasteiger partial charge is 0.352 e. The van der Waals surface area contributed by atoms with Crippen molar-refractivity contribution in [3.63, 3.8) is 0 Å². The summed E-state index contributed by atoms with van der Waals surface area (Å²) in [7, 11) is -1.55. The van der Waals surface area contributed by atoms with Crippen molar-refractivity contribution < 1.29 is 12.8 Å². The highest BCUT2D eigenvalue weighted by molar-refractivity contribution is 14.0. The van der Waals surface area contributed by atoms with Gasteiger partial charge >= 0.3 is 0 Å². The Kier molecular flexibility index (Phi) is 9.94. The van der Waals surface area contributed by atoms with E-state index in [9.17, 15) is 12.8 Å². The molecule has 31 heavy (non-hydrogen) atoms. The van der Waals surface area contributed by atoms with Crippen molar-refractivity contribution in [2.75, 3.05) is 13.3 Å². The normalized spacial score (nSPS) is 11.8. The number of sulfone groups is 1. The molecule has 5 nitrogen and oxygen atoms in total. The third kappa shape index (κ3) is 7.17. The first-order chi connectivity index (χ1) is 13.9.